The number of aliphatic hydroxyl groups excluding tert-OH is 2. The second-order valence-corrected chi connectivity index (χ2v) is 10.6. The number of rotatable bonds is 19. The number of aliphatic hydroxyl groups is 2. The predicted molar refractivity (Wildman–Crippen MR) is 152 cm³/mol. The van der Waals surface area contributed by atoms with E-state index in [2.05, 4.69) is 4.84 Å². The molecule has 1 aliphatic rings. The average Bonchev–Trinajstić information content (AvgIpc) is 3.22. The Morgan fingerprint density at radius 2 is 1.87 bits per heavy atom. The first-order valence-corrected chi connectivity index (χ1v) is 14.5. The number of halogens is 3. The number of nitrogens with zero attached hydrogens (tertiary/aromatic N) is 1. The lowest BCUT2D eigenvalue weighted by Gasteiger charge is -2.21. The van der Waals surface area contributed by atoms with Crippen LogP contribution in [0.15, 0.2) is 48.6 Å². The molecular formula is C30H40F3NO11. The maximum Gasteiger partial charge on any atom is 0.416 e. The van der Waals surface area contributed by atoms with Crippen LogP contribution in [-0.2, 0) is 34.8 Å². The fraction of sp³-hybridized carbons (Fsp3) is 0.600. The molecule has 2 N–H and O–H groups in total. The van der Waals surface area contributed by atoms with E-state index in [-0.39, 0.29) is 49.8 Å². The molecule has 2 rings (SSSR count). The molecule has 0 aromatic heterocycles. The van der Waals surface area contributed by atoms with Crippen molar-refractivity contribution in [2.24, 2.45) is 11.8 Å². The Morgan fingerprint density at radius 3 is 2.56 bits per heavy atom. The molecule has 0 saturated heterocycles. The molecule has 1 saturated carbocycles. The number of unbranched alkanes of at least 4 members (excludes halogenated alkanes) is 1. The summed E-state index contributed by atoms with van der Waals surface area (Å²) < 4.78 is 60.3. The molecule has 5 atom stereocenters. The van der Waals surface area contributed by atoms with Gasteiger partial charge in [0, 0.05) is 18.8 Å². The summed E-state index contributed by atoms with van der Waals surface area (Å²) in [5, 5.41) is 30.4. The SMILES string of the molecule is CC(C)OC(=O)CCC/C=C\C[C@@H]1[C@@H](/C=C/[C@H](COc2cccc(C(F)(F)F)c2)OC(=O)COCCO[N+](=O)[O-])[C@H](O)C[C@@H]1O. The second-order valence-electron chi connectivity index (χ2n) is 10.6. The topological polar surface area (TPSA) is 164 Å². The zero-order valence-corrected chi connectivity index (χ0v) is 25.1. The minimum Gasteiger partial charge on any atom is -0.489 e. The van der Waals surface area contributed by atoms with Gasteiger partial charge >= 0.3 is 18.1 Å². The van der Waals surface area contributed by atoms with E-state index < -0.39 is 60.2 Å². The van der Waals surface area contributed by atoms with Gasteiger partial charge in [-0.3, -0.25) is 4.79 Å². The highest BCUT2D eigenvalue weighted by Gasteiger charge is 2.39. The lowest BCUT2D eigenvalue weighted by atomic mass is 9.89. The molecule has 1 fully saturated rings. The summed E-state index contributed by atoms with van der Waals surface area (Å²) >= 11 is 0. The third-order valence-electron chi connectivity index (χ3n) is 6.66. The van der Waals surface area contributed by atoms with Crippen LogP contribution in [0.3, 0.4) is 0 Å². The van der Waals surface area contributed by atoms with Crippen LogP contribution in [0.2, 0.25) is 0 Å². The van der Waals surface area contributed by atoms with E-state index in [1.54, 1.807) is 19.9 Å². The summed E-state index contributed by atoms with van der Waals surface area (Å²) in [6.45, 7) is 1.88. The molecule has 0 unspecified atom stereocenters. The van der Waals surface area contributed by atoms with Gasteiger partial charge in [-0.2, -0.15) is 13.2 Å². The van der Waals surface area contributed by atoms with E-state index in [0.29, 0.717) is 19.3 Å². The minimum absolute atomic E-state index is 0.111. The molecule has 252 valence electrons. The summed E-state index contributed by atoms with van der Waals surface area (Å²) in [6, 6.07) is 4.16. The first kappa shape index (κ1) is 37.5. The van der Waals surface area contributed by atoms with Crippen molar-refractivity contribution in [3.63, 3.8) is 0 Å². The van der Waals surface area contributed by atoms with Gasteiger partial charge in [-0.1, -0.05) is 24.3 Å². The molecule has 1 aliphatic carbocycles. The maximum absolute atomic E-state index is 13.1. The number of alkyl halides is 3. The van der Waals surface area contributed by atoms with Crippen molar-refractivity contribution in [3.8, 4) is 5.75 Å². The standard InChI is InChI=1S/C30H40F3NO11/c1-20(2)44-28(37)11-6-4-3-5-10-24-25(27(36)17-26(24)35)13-12-23(45-29(38)19-41-14-15-43-34(39)40)18-42-22-9-7-8-21(16-22)30(31,32)33/h3,5,7-9,12-13,16,20,23-27,35-36H,4,6,10-11,14-15,17-19H2,1-2H3/b5-3-,13-12+/t23-,24-,25-,26+,27-/m1/s1. The zero-order valence-electron chi connectivity index (χ0n) is 25.1. The van der Waals surface area contributed by atoms with Crippen molar-refractivity contribution in [3.05, 3.63) is 64.2 Å². The fourth-order valence-corrected chi connectivity index (χ4v) is 4.61. The molecule has 45 heavy (non-hydrogen) atoms. The van der Waals surface area contributed by atoms with E-state index in [1.807, 2.05) is 12.2 Å². The van der Waals surface area contributed by atoms with Crippen molar-refractivity contribution in [1.29, 1.82) is 0 Å². The average molecular weight is 648 g/mol. The van der Waals surface area contributed by atoms with Gasteiger partial charge in [0.05, 0.1) is 30.5 Å². The summed E-state index contributed by atoms with van der Waals surface area (Å²) in [5.74, 6) is -2.22. The van der Waals surface area contributed by atoms with E-state index in [1.165, 1.54) is 18.2 Å². The summed E-state index contributed by atoms with van der Waals surface area (Å²) in [4.78, 5) is 38.3. The van der Waals surface area contributed by atoms with Crippen molar-refractivity contribution >= 4 is 11.9 Å². The van der Waals surface area contributed by atoms with Crippen molar-refractivity contribution < 1.29 is 61.8 Å². The van der Waals surface area contributed by atoms with Crippen LogP contribution in [0.25, 0.3) is 0 Å². The molecule has 0 bridgehead atoms. The molecule has 1 aromatic carbocycles. The molecular weight excluding hydrogens is 607 g/mol. The van der Waals surface area contributed by atoms with E-state index in [0.717, 1.165) is 12.1 Å². The molecule has 0 radical (unpaired) electrons. The number of carbonyl (C=O) groups is 2. The third-order valence-corrected chi connectivity index (χ3v) is 6.66. The van der Waals surface area contributed by atoms with Crippen LogP contribution in [-0.4, -0.2) is 78.1 Å². The monoisotopic (exact) mass is 647 g/mol. The molecule has 0 spiro atoms. The highest BCUT2D eigenvalue weighted by molar-refractivity contribution is 5.71. The highest BCUT2D eigenvalue weighted by atomic mass is 19.4. The Bertz CT molecular complexity index is 1140. The first-order chi connectivity index (χ1) is 21.3. The molecule has 0 amide bonds. The third kappa shape index (κ3) is 14.8. The van der Waals surface area contributed by atoms with Crippen molar-refractivity contribution in [2.75, 3.05) is 26.4 Å². The quantitative estimate of drug-likeness (QED) is 0.0727. The first-order valence-electron chi connectivity index (χ1n) is 14.5. The van der Waals surface area contributed by atoms with Crippen LogP contribution >= 0.6 is 0 Å². The van der Waals surface area contributed by atoms with Gasteiger partial charge in [0.15, 0.2) is 6.10 Å². The van der Waals surface area contributed by atoms with Crippen molar-refractivity contribution in [2.45, 2.75) is 76.5 Å². The van der Waals surface area contributed by atoms with Crippen LogP contribution in [0.4, 0.5) is 13.2 Å². The molecule has 15 heteroatoms. The Hall–Kier alpha value is -3.69. The predicted octanol–water partition coefficient (Wildman–Crippen LogP) is 4.20. The number of hydrogen-bond donors (Lipinski definition) is 2. The molecule has 12 nitrogen and oxygen atoms in total. The Balaban J connectivity index is 2.04. The Morgan fingerprint density at radius 1 is 1.11 bits per heavy atom. The second kappa shape index (κ2) is 19.0. The highest BCUT2D eigenvalue weighted by Crippen LogP contribution is 2.36. The van der Waals surface area contributed by atoms with Crippen LogP contribution < -0.4 is 4.74 Å². The lowest BCUT2D eigenvalue weighted by molar-refractivity contribution is -0.758. The smallest absolute Gasteiger partial charge is 0.416 e. The van der Waals surface area contributed by atoms with Gasteiger partial charge in [0.1, 0.15) is 25.6 Å². The number of esters is 2. The number of allylic oxidation sites excluding steroid dienone is 2. The summed E-state index contributed by atoms with van der Waals surface area (Å²) in [6.07, 6.45) is 1.10. The van der Waals surface area contributed by atoms with Gasteiger partial charge in [0.25, 0.3) is 5.09 Å². The Labute approximate surface area is 258 Å². The summed E-state index contributed by atoms with van der Waals surface area (Å²) in [7, 11) is 0. The summed E-state index contributed by atoms with van der Waals surface area (Å²) in [5.41, 5.74) is -0.927. The Kier molecular flexibility index (Phi) is 15.8. The van der Waals surface area contributed by atoms with Crippen LogP contribution in [0, 0.1) is 22.0 Å². The van der Waals surface area contributed by atoms with Crippen LogP contribution in [0.1, 0.15) is 51.5 Å². The number of carbonyl (C=O) groups excluding carboxylic acids is 2. The minimum atomic E-state index is -4.59. The normalized spacial score (nSPS) is 20.9. The zero-order chi connectivity index (χ0) is 33.4. The molecule has 0 heterocycles. The largest absolute Gasteiger partial charge is 0.489 e. The van der Waals surface area contributed by atoms with E-state index in [9.17, 15) is 43.1 Å². The number of ether oxygens (including phenoxy) is 4. The van der Waals surface area contributed by atoms with Gasteiger partial charge in [-0.25, -0.2) is 4.79 Å². The molecule has 0 aliphatic heterocycles. The van der Waals surface area contributed by atoms with Gasteiger partial charge in [-0.15, -0.1) is 10.1 Å². The number of hydrogen-bond acceptors (Lipinski definition) is 11. The van der Waals surface area contributed by atoms with Gasteiger partial charge in [-0.05, 0) is 63.3 Å². The van der Waals surface area contributed by atoms with Gasteiger partial charge < -0.3 is 34.0 Å². The van der Waals surface area contributed by atoms with Crippen LogP contribution in [0.5, 0.6) is 5.75 Å². The van der Waals surface area contributed by atoms with Gasteiger partial charge in [0.2, 0.25) is 0 Å². The lowest BCUT2D eigenvalue weighted by Crippen LogP contribution is -2.27. The van der Waals surface area contributed by atoms with E-state index in [4.69, 9.17) is 18.9 Å². The number of benzene rings is 1. The van der Waals surface area contributed by atoms with Crippen molar-refractivity contribution in [1.82, 2.24) is 0 Å². The maximum atomic E-state index is 13.1. The molecule has 1 aromatic rings. The fourth-order valence-electron chi connectivity index (χ4n) is 4.61. The van der Waals surface area contributed by atoms with E-state index >= 15 is 0 Å².